The van der Waals surface area contributed by atoms with Crippen LogP contribution in [0.5, 0.6) is 23.0 Å². The number of benzene rings is 2. The summed E-state index contributed by atoms with van der Waals surface area (Å²) < 4.78 is 5.67. The van der Waals surface area contributed by atoms with Gasteiger partial charge in [0.15, 0.2) is 5.78 Å². The lowest BCUT2D eigenvalue weighted by atomic mass is 9.95. The number of rotatable bonds is 1. The Morgan fingerprint density at radius 1 is 1.04 bits per heavy atom. The van der Waals surface area contributed by atoms with E-state index in [9.17, 15) is 20.1 Å². The molecule has 3 N–H and O–H groups in total. The van der Waals surface area contributed by atoms with Gasteiger partial charge in [-0.25, -0.2) is 0 Å². The highest BCUT2D eigenvalue weighted by atomic mass is 35.5. The van der Waals surface area contributed by atoms with Crippen molar-refractivity contribution in [2.24, 2.45) is 0 Å². The first-order valence-electron chi connectivity index (χ1n) is 6.63. The summed E-state index contributed by atoms with van der Waals surface area (Å²) in [4.78, 5) is 12.1. The number of Topliss-reactive ketones (excluding diaryl/α,β-unsaturated/α-hetero) is 1. The van der Waals surface area contributed by atoms with Gasteiger partial charge in [0.2, 0.25) is 0 Å². The number of ether oxygens (including phenoxy) is 1. The van der Waals surface area contributed by atoms with Crippen LogP contribution in [0.25, 0.3) is 0 Å². The highest BCUT2D eigenvalue weighted by Gasteiger charge is 2.30. The standard InChI is InChI=1S/C15H12O5.CH2Cl2/c16-9-3-1-8(2-4-9)13-7-12(19)15-11(18)5-10(17)6-14(15)20-13;2-1-3/h1-6,13,16-18H,7H2;1H2/t13-;/m0./s1. The molecule has 122 valence electrons. The van der Waals surface area contributed by atoms with Crippen LogP contribution in [-0.2, 0) is 0 Å². The molecule has 1 aliphatic heterocycles. The van der Waals surface area contributed by atoms with Crippen LogP contribution in [0.2, 0.25) is 0 Å². The van der Waals surface area contributed by atoms with Crippen LogP contribution >= 0.6 is 23.2 Å². The fourth-order valence-corrected chi connectivity index (χ4v) is 2.30. The molecule has 7 heteroatoms. The lowest BCUT2D eigenvalue weighted by Crippen LogP contribution is -2.20. The minimum absolute atomic E-state index is 0.0934. The molecule has 1 heterocycles. The van der Waals surface area contributed by atoms with Gasteiger partial charge >= 0.3 is 0 Å². The van der Waals surface area contributed by atoms with Crippen LogP contribution in [0, 0.1) is 0 Å². The Bertz CT molecular complexity index is 700. The molecule has 0 unspecified atom stereocenters. The van der Waals surface area contributed by atoms with Gasteiger partial charge in [0.25, 0.3) is 0 Å². The van der Waals surface area contributed by atoms with Crippen LogP contribution in [-0.4, -0.2) is 26.4 Å². The SMILES string of the molecule is ClCCl.O=C1C[C@@H](c2ccc(O)cc2)Oc2cc(O)cc(O)c21. The normalized spacial score (nSPS) is 15.9. The summed E-state index contributed by atoms with van der Waals surface area (Å²) in [7, 11) is 0. The van der Waals surface area contributed by atoms with Crippen molar-refractivity contribution in [1.29, 1.82) is 0 Å². The summed E-state index contributed by atoms with van der Waals surface area (Å²) in [5, 5.41) is 28.6. The molecule has 1 atom stereocenters. The maximum atomic E-state index is 12.1. The van der Waals surface area contributed by atoms with E-state index in [2.05, 4.69) is 0 Å². The molecule has 0 amide bonds. The molecule has 0 radical (unpaired) electrons. The summed E-state index contributed by atoms with van der Waals surface area (Å²) in [6.45, 7) is 0. The number of carbonyl (C=O) groups excluding carboxylic acids is 1. The zero-order valence-corrected chi connectivity index (χ0v) is 13.4. The monoisotopic (exact) mass is 356 g/mol. The molecule has 0 aromatic heterocycles. The van der Waals surface area contributed by atoms with Gasteiger partial charge in [0, 0.05) is 12.1 Å². The van der Waals surface area contributed by atoms with E-state index in [1.807, 2.05) is 0 Å². The van der Waals surface area contributed by atoms with Crippen molar-refractivity contribution in [2.75, 3.05) is 5.34 Å². The Morgan fingerprint density at radius 2 is 1.65 bits per heavy atom. The molecule has 0 aliphatic carbocycles. The zero-order valence-electron chi connectivity index (χ0n) is 11.9. The number of hydrogen-bond acceptors (Lipinski definition) is 5. The number of phenolic OH excluding ortho intramolecular Hbond substituents is 3. The van der Waals surface area contributed by atoms with E-state index < -0.39 is 6.10 Å². The van der Waals surface area contributed by atoms with E-state index in [1.165, 1.54) is 18.2 Å². The number of fused-ring (bicyclic) bond motifs is 1. The van der Waals surface area contributed by atoms with Crippen molar-refractivity contribution in [2.45, 2.75) is 12.5 Å². The average molecular weight is 357 g/mol. The Balaban J connectivity index is 0.000000595. The fourth-order valence-electron chi connectivity index (χ4n) is 2.30. The maximum Gasteiger partial charge on any atom is 0.174 e. The van der Waals surface area contributed by atoms with Gasteiger partial charge in [-0.05, 0) is 17.7 Å². The fraction of sp³-hybridized carbons (Fsp3) is 0.188. The molecule has 0 fully saturated rings. The Morgan fingerprint density at radius 3 is 2.26 bits per heavy atom. The minimum Gasteiger partial charge on any atom is -0.508 e. The second kappa shape index (κ2) is 7.44. The molecule has 3 rings (SSSR count). The summed E-state index contributed by atoms with van der Waals surface area (Å²) in [5.74, 6) is -0.403. The quantitative estimate of drug-likeness (QED) is 0.673. The van der Waals surface area contributed by atoms with Crippen LogP contribution < -0.4 is 4.74 Å². The number of ketones is 1. The second-order valence-corrected chi connectivity index (χ2v) is 5.57. The summed E-state index contributed by atoms with van der Waals surface area (Å²) in [6, 6.07) is 8.78. The lowest BCUT2D eigenvalue weighted by molar-refractivity contribution is 0.0845. The Hall–Kier alpha value is -2.11. The first-order valence-corrected chi connectivity index (χ1v) is 7.69. The molecular formula is C16H14Cl2O5. The van der Waals surface area contributed by atoms with E-state index in [-0.39, 0.29) is 46.1 Å². The predicted octanol–water partition coefficient (Wildman–Crippen LogP) is 3.93. The van der Waals surface area contributed by atoms with Crippen LogP contribution in [0.1, 0.15) is 28.4 Å². The number of alkyl halides is 2. The molecule has 23 heavy (non-hydrogen) atoms. The van der Waals surface area contributed by atoms with Gasteiger partial charge in [-0.15, -0.1) is 23.2 Å². The Kier molecular flexibility index (Phi) is 5.58. The van der Waals surface area contributed by atoms with Crippen LogP contribution in [0.4, 0.5) is 0 Å². The molecule has 5 nitrogen and oxygen atoms in total. The number of hydrogen-bond donors (Lipinski definition) is 3. The second-order valence-electron chi connectivity index (χ2n) is 4.76. The third-order valence-electron chi connectivity index (χ3n) is 3.25. The number of phenols is 3. The molecular weight excluding hydrogens is 343 g/mol. The Labute approximate surface area is 142 Å². The first kappa shape index (κ1) is 17.2. The summed E-state index contributed by atoms with van der Waals surface area (Å²) in [5.41, 5.74) is 0.836. The van der Waals surface area contributed by atoms with E-state index in [4.69, 9.17) is 27.9 Å². The molecule has 1 aliphatic rings. The third kappa shape index (κ3) is 4.00. The van der Waals surface area contributed by atoms with Crippen molar-refractivity contribution in [3.05, 3.63) is 47.5 Å². The van der Waals surface area contributed by atoms with Crippen molar-refractivity contribution in [3.63, 3.8) is 0 Å². The van der Waals surface area contributed by atoms with Gasteiger partial charge < -0.3 is 20.1 Å². The minimum atomic E-state index is -0.503. The van der Waals surface area contributed by atoms with E-state index in [1.54, 1.807) is 12.1 Å². The third-order valence-corrected chi connectivity index (χ3v) is 3.25. The summed E-state index contributed by atoms with van der Waals surface area (Å²) >= 11 is 9.53. The lowest BCUT2D eigenvalue weighted by Gasteiger charge is -2.26. The number of halogens is 2. The molecule has 0 bridgehead atoms. The molecule has 0 saturated carbocycles. The smallest absolute Gasteiger partial charge is 0.174 e. The van der Waals surface area contributed by atoms with Gasteiger partial charge in [-0.3, -0.25) is 4.79 Å². The molecule has 0 saturated heterocycles. The van der Waals surface area contributed by atoms with E-state index >= 15 is 0 Å². The highest BCUT2D eigenvalue weighted by molar-refractivity contribution is 6.40. The predicted molar refractivity (Wildman–Crippen MR) is 86.8 cm³/mol. The van der Waals surface area contributed by atoms with Crippen molar-refractivity contribution in [3.8, 4) is 23.0 Å². The van der Waals surface area contributed by atoms with Crippen molar-refractivity contribution >= 4 is 29.0 Å². The van der Waals surface area contributed by atoms with Crippen molar-refractivity contribution < 1.29 is 24.9 Å². The van der Waals surface area contributed by atoms with E-state index in [0.717, 1.165) is 11.6 Å². The van der Waals surface area contributed by atoms with Gasteiger partial charge in [0.1, 0.15) is 34.7 Å². The van der Waals surface area contributed by atoms with Crippen LogP contribution in [0.15, 0.2) is 36.4 Å². The highest BCUT2D eigenvalue weighted by Crippen LogP contribution is 2.41. The first-order chi connectivity index (χ1) is 11.0. The van der Waals surface area contributed by atoms with Gasteiger partial charge in [-0.2, -0.15) is 0 Å². The zero-order chi connectivity index (χ0) is 17.0. The van der Waals surface area contributed by atoms with Crippen LogP contribution in [0.3, 0.4) is 0 Å². The molecule has 2 aromatic rings. The topological polar surface area (TPSA) is 87.0 Å². The molecule has 0 spiro atoms. The van der Waals surface area contributed by atoms with Crippen molar-refractivity contribution in [1.82, 2.24) is 0 Å². The number of aromatic hydroxyl groups is 3. The largest absolute Gasteiger partial charge is 0.508 e. The molecule has 2 aromatic carbocycles. The summed E-state index contributed by atoms with van der Waals surface area (Å²) in [6.07, 6.45) is -0.410. The van der Waals surface area contributed by atoms with Gasteiger partial charge in [-0.1, -0.05) is 12.1 Å². The van der Waals surface area contributed by atoms with Gasteiger partial charge in [0.05, 0.1) is 11.8 Å². The number of carbonyl (C=O) groups is 1. The van der Waals surface area contributed by atoms with E-state index in [0.29, 0.717) is 0 Å². The average Bonchev–Trinajstić information content (AvgIpc) is 2.47. The maximum absolute atomic E-state index is 12.1.